The zero-order valence-corrected chi connectivity index (χ0v) is 13.6. The summed E-state index contributed by atoms with van der Waals surface area (Å²) in [5, 5.41) is 0.866. The number of carbonyl (C=O) groups is 1. The number of ether oxygens (including phenoxy) is 2. The predicted molar refractivity (Wildman–Crippen MR) is 86.9 cm³/mol. The summed E-state index contributed by atoms with van der Waals surface area (Å²) in [7, 11) is 3.08. The summed E-state index contributed by atoms with van der Waals surface area (Å²) >= 11 is 3.40. The quantitative estimate of drug-likeness (QED) is 0.645. The Labute approximate surface area is 135 Å². The SMILES string of the molecule is COc1ccc(C(=O)c2cc3cc(Br)ccc3o2)c(OC)c1. The first-order chi connectivity index (χ1) is 10.6. The molecule has 4 nitrogen and oxygen atoms in total. The molecule has 0 bridgehead atoms. The lowest BCUT2D eigenvalue weighted by Crippen LogP contribution is -2.03. The molecule has 0 saturated heterocycles. The van der Waals surface area contributed by atoms with Crippen molar-refractivity contribution in [2.45, 2.75) is 0 Å². The van der Waals surface area contributed by atoms with Crippen molar-refractivity contribution >= 4 is 32.7 Å². The molecule has 1 aromatic heterocycles. The summed E-state index contributed by atoms with van der Waals surface area (Å²) < 4.78 is 17.0. The normalized spacial score (nSPS) is 10.7. The highest BCUT2D eigenvalue weighted by atomic mass is 79.9. The molecule has 1 heterocycles. The van der Waals surface area contributed by atoms with E-state index in [0.29, 0.717) is 22.6 Å². The summed E-state index contributed by atoms with van der Waals surface area (Å²) in [5.41, 5.74) is 1.10. The van der Waals surface area contributed by atoms with E-state index in [1.54, 1.807) is 31.4 Å². The van der Waals surface area contributed by atoms with Crippen molar-refractivity contribution in [3.63, 3.8) is 0 Å². The van der Waals surface area contributed by atoms with Crippen LogP contribution in [0, 0.1) is 0 Å². The third-order valence-corrected chi connectivity index (χ3v) is 3.85. The van der Waals surface area contributed by atoms with E-state index in [9.17, 15) is 4.79 Å². The average Bonchev–Trinajstić information content (AvgIpc) is 2.96. The number of hydrogen-bond acceptors (Lipinski definition) is 4. The minimum absolute atomic E-state index is 0.230. The van der Waals surface area contributed by atoms with Crippen molar-refractivity contribution < 1.29 is 18.7 Å². The highest BCUT2D eigenvalue weighted by molar-refractivity contribution is 9.10. The first-order valence-electron chi connectivity index (χ1n) is 6.58. The van der Waals surface area contributed by atoms with Gasteiger partial charge in [-0.2, -0.15) is 0 Å². The van der Waals surface area contributed by atoms with E-state index in [1.807, 2.05) is 18.2 Å². The van der Waals surface area contributed by atoms with E-state index < -0.39 is 0 Å². The number of halogens is 1. The molecule has 0 saturated carbocycles. The third kappa shape index (κ3) is 2.60. The fourth-order valence-electron chi connectivity index (χ4n) is 2.24. The molecular weight excluding hydrogens is 348 g/mol. The molecule has 0 radical (unpaired) electrons. The van der Waals surface area contributed by atoms with Gasteiger partial charge in [-0.3, -0.25) is 4.79 Å². The monoisotopic (exact) mass is 360 g/mol. The minimum atomic E-state index is -0.230. The number of furan rings is 1. The Morgan fingerprint density at radius 3 is 2.59 bits per heavy atom. The molecule has 112 valence electrons. The van der Waals surface area contributed by atoms with Gasteiger partial charge >= 0.3 is 0 Å². The van der Waals surface area contributed by atoms with Gasteiger partial charge in [0.2, 0.25) is 5.78 Å². The Bertz CT molecular complexity index is 851. The van der Waals surface area contributed by atoms with Crippen LogP contribution in [0.4, 0.5) is 0 Å². The lowest BCUT2D eigenvalue weighted by Gasteiger charge is -2.08. The molecule has 22 heavy (non-hydrogen) atoms. The van der Waals surface area contributed by atoms with Crippen LogP contribution >= 0.6 is 15.9 Å². The fraction of sp³-hybridized carbons (Fsp3) is 0.118. The molecule has 0 amide bonds. The van der Waals surface area contributed by atoms with Crippen LogP contribution in [-0.2, 0) is 0 Å². The van der Waals surface area contributed by atoms with Gasteiger partial charge in [0, 0.05) is 15.9 Å². The largest absolute Gasteiger partial charge is 0.497 e. The Morgan fingerprint density at radius 1 is 1.05 bits per heavy atom. The molecule has 3 rings (SSSR count). The number of benzene rings is 2. The predicted octanol–water partition coefficient (Wildman–Crippen LogP) is 4.44. The second-order valence-corrected chi connectivity index (χ2v) is 5.60. The molecular formula is C17H13BrO4. The van der Waals surface area contributed by atoms with Crippen molar-refractivity contribution in [2.24, 2.45) is 0 Å². The van der Waals surface area contributed by atoms with Gasteiger partial charge < -0.3 is 13.9 Å². The van der Waals surface area contributed by atoms with E-state index in [2.05, 4.69) is 15.9 Å². The summed E-state index contributed by atoms with van der Waals surface area (Å²) in [6.07, 6.45) is 0. The fourth-order valence-corrected chi connectivity index (χ4v) is 2.62. The van der Waals surface area contributed by atoms with Gasteiger partial charge in [0.1, 0.15) is 17.1 Å². The van der Waals surface area contributed by atoms with Crippen molar-refractivity contribution in [1.82, 2.24) is 0 Å². The Kier molecular flexibility index (Phi) is 3.90. The molecule has 0 spiro atoms. The van der Waals surface area contributed by atoms with Crippen LogP contribution in [0.2, 0.25) is 0 Å². The van der Waals surface area contributed by atoms with Crippen LogP contribution in [0.15, 0.2) is 51.4 Å². The van der Waals surface area contributed by atoms with Gasteiger partial charge in [0.15, 0.2) is 5.76 Å². The highest BCUT2D eigenvalue weighted by Crippen LogP contribution is 2.29. The average molecular weight is 361 g/mol. The topological polar surface area (TPSA) is 48.7 Å². The standard InChI is InChI=1S/C17H13BrO4/c1-20-12-4-5-13(15(9-12)21-2)17(19)16-8-10-7-11(18)3-6-14(10)22-16/h3-9H,1-2H3. The summed E-state index contributed by atoms with van der Waals surface area (Å²) in [5.74, 6) is 1.12. The van der Waals surface area contributed by atoms with Gasteiger partial charge in [0.25, 0.3) is 0 Å². The van der Waals surface area contributed by atoms with Gasteiger partial charge in [-0.15, -0.1) is 0 Å². The first-order valence-corrected chi connectivity index (χ1v) is 7.37. The first kappa shape index (κ1) is 14.7. The van der Waals surface area contributed by atoms with Crippen LogP contribution < -0.4 is 9.47 Å². The molecule has 0 unspecified atom stereocenters. The molecule has 0 fully saturated rings. The van der Waals surface area contributed by atoms with Crippen molar-refractivity contribution in [3.05, 3.63) is 58.3 Å². The maximum absolute atomic E-state index is 12.7. The number of carbonyl (C=O) groups excluding carboxylic acids is 1. The summed E-state index contributed by atoms with van der Waals surface area (Å²) in [4.78, 5) is 12.7. The van der Waals surface area contributed by atoms with Gasteiger partial charge in [-0.1, -0.05) is 15.9 Å². The van der Waals surface area contributed by atoms with Crippen molar-refractivity contribution in [2.75, 3.05) is 14.2 Å². The smallest absolute Gasteiger partial charge is 0.231 e. The molecule has 0 aliphatic heterocycles. The van der Waals surface area contributed by atoms with E-state index in [4.69, 9.17) is 13.9 Å². The van der Waals surface area contributed by atoms with E-state index in [-0.39, 0.29) is 11.5 Å². The maximum atomic E-state index is 12.7. The number of ketones is 1. The Balaban J connectivity index is 2.05. The second kappa shape index (κ2) is 5.85. The van der Waals surface area contributed by atoms with E-state index in [1.165, 1.54) is 7.11 Å². The number of hydrogen-bond donors (Lipinski definition) is 0. The maximum Gasteiger partial charge on any atom is 0.231 e. The molecule has 0 N–H and O–H groups in total. The molecule has 0 aliphatic rings. The molecule has 2 aromatic carbocycles. The number of rotatable bonds is 4. The van der Waals surface area contributed by atoms with Crippen LogP contribution in [0.1, 0.15) is 16.1 Å². The van der Waals surface area contributed by atoms with Crippen LogP contribution in [-0.4, -0.2) is 20.0 Å². The highest BCUT2D eigenvalue weighted by Gasteiger charge is 2.19. The lowest BCUT2D eigenvalue weighted by molar-refractivity contribution is 0.101. The van der Waals surface area contributed by atoms with Gasteiger partial charge in [-0.25, -0.2) is 0 Å². The third-order valence-electron chi connectivity index (χ3n) is 3.36. The lowest BCUT2D eigenvalue weighted by atomic mass is 10.1. The van der Waals surface area contributed by atoms with Crippen LogP contribution in [0.5, 0.6) is 11.5 Å². The van der Waals surface area contributed by atoms with E-state index in [0.717, 1.165) is 9.86 Å². The van der Waals surface area contributed by atoms with Gasteiger partial charge in [0.05, 0.1) is 19.8 Å². The van der Waals surface area contributed by atoms with Crippen LogP contribution in [0.25, 0.3) is 11.0 Å². The van der Waals surface area contributed by atoms with E-state index >= 15 is 0 Å². The number of fused-ring (bicyclic) bond motifs is 1. The molecule has 0 aliphatic carbocycles. The summed E-state index contributed by atoms with van der Waals surface area (Å²) in [6.45, 7) is 0. The molecule has 3 aromatic rings. The zero-order valence-electron chi connectivity index (χ0n) is 12.1. The van der Waals surface area contributed by atoms with Crippen molar-refractivity contribution in [3.8, 4) is 11.5 Å². The Hall–Kier alpha value is -2.27. The molecule has 0 atom stereocenters. The molecule has 5 heteroatoms. The zero-order chi connectivity index (χ0) is 15.7. The minimum Gasteiger partial charge on any atom is -0.497 e. The summed E-state index contributed by atoms with van der Waals surface area (Å²) in [6, 6.07) is 12.4. The van der Waals surface area contributed by atoms with Crippen molar-refractivity contribution in [1.29, 1.82) is 0 Å². The number of methoxy groups -OCH3 is 2. The Morgan fingerprint density at radius 2 is 1.86 bits per heavy atom. The van der Waals surface area contributed by atoms with Crippen LogP contribution in [0.3, 0.4) is 0 Å². The van der Waals surface area contributed by atoms with Gasteiger partial charge in [-0.05, 0) is 36.4 Å². The second-order valence-electron chi connectivity index (χ2n) is 4.69.